The largest absolute Gasteiger partial charge is 0.370 e. The third kappa shape index (κ3) is 4.11. The highest BCUT2D eigenvalue weighted by atomic mass is 32.2. The van der Waals surface area contributed by atoms with Crippen LogP contribution in [0.2, 0.25) is 0 Å². The van der Waals surface area contributed by atoms with Crippen molar-refractivity contribution in [2.45, 2.75) is 32.9 Å². The number of benzene rings is 1. The van der Waals surface area contributed by atoms with E-state index in [0.717, 1.165) is 30.1 Å². The number of hydrogen-bond acceptors (Lipinski definition) is 3. The third-order valence-electron chi connectivity index (χ3n) is 3.34. The maximum Gasteiger partial charge on any atom is 0.129 e. The molecule has 1 N–H and O–H groups in total. The van der Waals surface area contributed by atoms with Gasteiger partial charge in [0.25, 0.3) is 0 Å². The predicted octanol–water partition coefficient (Wildman–Crippen LogP) is 3.27. The van der Waals surface area contributed by atoms with Gasteiger partial charge in [-0.2, -0.15) is 11.8 Å². The summed E-state index contributed by atoms with van der Waals surface area (Å²) in [6.45, 7) is 6.82. The smallest absolute Gasteiger partial charge is 0.129 e. The maximum atomic E-state index is 14.1. The number of halogens is 1. The van der Waals surface area contributed by atoms with E-state index in [2.05, 4.69) is 30.1 Å². The lowest BCUT2D eigenvalue weighted by Crippen LogP contribution is -2.29. The molecule has 1 aromatic carbocycles. The maximum absolute atomic E-state index is 14.1. The fourth-order valence-electron chi connectivity index (χ4n) is 2.31. The van der Waals surface area contributed by atoms with E-state index in [-0.39, 0.29) is 5.82 Å². The van der Waals surface area contributed by atoms with Gasteiger partial charge in [0.1, 0.15) is 5.82 Å². The monoisotopic (exact) mass is 282 g/mol. The van der Waals surface area contributed by atoms with Gasteiger partial charge in [-0.25, -0.2) is 4.39 Å². The van der Waals surface area contributed by atoms with Crippen LogP contribution in [0.5, 0.6) is 0 Å². The van der Waals surface area contributed by atoms with Gasteiger partial charge in [-0.05, 0) is 24.3 Å². The second-order valence-corrected chi connectivity index (χ2v) is 6.45. The van der Waals surface area contributed by atoms with Crippen LogP contribution in [0.4, 0.5) is 10.1 Å². The van der Waals surface area contributed by atoms with Crippen molar-refractivity contribution in [3.63, 3.8) is 0 Å². The van der Waals surface area contributed by atoms with Crippen molar-refractivity contribution < 1.29 is 4.39 Å². The Bertz CT molecular complexity index is 401. The summed E-state index contributed by atoms with van der Waals surface area (Å²) in [5, 5.41) is 3.33. The van der Waals surface area contributed by atoms with E-state index < -0.39 is 0 Å². The number of rotatable bonds is 4. The quantitative estimate of drug-likeness (QED) is 0.912. The van der Waals surface area contributed by atoms with E-state index in [9.17, 15) is 4.39 Å². The van der Waals surface area contributed by atoms with Gasteiger partial charge < -0.3 is 10.2 Å². The molecule has 19 heavy (non-hydrogen) atoms. The normalized spacial score (nSPS) is 16.7. The molecule has 106 valence electrons. The van der Waals surface area contributed by atoms with Crippen molar-refractivity contribution in [2.75, 3.05) is 29.5 Å². The molecule has 1 heterocycles. The summed E-state index contributed by atoms with van der Waals surface area (Å²) in [6, 6.07) is 5.80. The highest BCUT2D eigenvalue weighted by Gasteiger charge is 2.16. The SMILES string of the molecule is CC(C)NCc1c(F)cccc1N1CCCSCC1. The van der Waals surface area contributed by atoms with E-state index >= 15 is 0 Å². The summed E-state index contributed by atoms with van der Waals surface area (Å²) >= 11 is 1.99. The Morgan fingerprint density at radius 1 is 1.32 bits per heavy atom. The topological polar surface area (TPSA) is 15.3 Å². The van der Waals surface area contributed by atoms with E-state index in [1.54, 1.807) is 6.07 Å². The zero-order chi connectivity index (χ0) is 13.7. The van der Waals surface area contributed by atoms with Crippen molar-refractivity contribution in [1.29, 1.82) is 0 Å². The highest BCUT2D eigenvalue weighted by Crippen LogP contribution is 2.25. The molecule has 0 aromatic heterocycles. The Balaban J connectivity index is 2.19. The Morgan fingerprint density at radius 2 is 2.16 bits per heavy atom. The molecule has 1 fully saturated rings. The minimum atomic E-state index is -0.0949. The molecule has 0 amide bonds. The zero-order valence-corrected chi connectivity index (χ0v) is 12.6. The van der Waals surface area contributed by atoms with Crippen molar-refractivity contribution in [2.24, 2.45) is 0 Å². The molecular weight excluding hydrogens is 259 g/mol. The minimum absolute atomic E-state index is 0.0949. The fourth-order valence-corrected chi connectivity index (χ4v) is 3.20. The molecule has 0 saturated carbocycles. The summed E-state index contributed by atoms with van der Waals surface area (Å²) in [6.07, 6.45) is 1.18. The lowest BCUT2D eigenvalue weighted by molar-refractivity contribution is 0.552. The predicted molar refractivity (Wildman–Crippen MR) is 82.5 cm³/mol. The van der Waals surface area contributed by atoms with E-state index in [0.29, 0.717) is 12.6 Å². The van der Waals surface area contributed by atoms with Crippen molar-refractivity contribution in [1.82, 2.24) is 5.32 Å². The first-order valence-corrected chi connectivity index (χ1v) is 8.17. The molecule has 0 aliphatic carbocycles. The molecule has 2 nitrogen and oxygen atoms in total. The van der Waals surface area contributed by atoms with Gasteiger partial charge in [0, 0.05) is 42.7 Å². The van der Waals surface area contributed by atoms with E-state index in [4.69, 9.17) is 0 Å². The summed E-state index contributed by atoms with van der Waals surface area (Å²) in [7, 11) is 0. The first kappa shape index (κ1) is 14.7. The number of hydrogen-bond donors (Lipinski definition) is 1. The van der Waals surface area contributed by atoms with Gasteiger partial charge in [-0.15, -0.1) is 0 Å². The molecular formula is C15H23FN2S. The number of nitrogens with zero attached hydrogens (tertiary/aromatic N) is 1. The standard InChI is InChI=1S/C15H23FN2S/c1-12(2)17-11-13-14(16)5-3-6-15(13)18-7-4-9-19-10-8-18/h3,5-6,12,17H,4,7-11H2,1-2H3. The van der Waals surface area contributed by atoms with Crippen LogP contribution in [0.1, 0.15) is 25.8 Å². The average Bonchev–Trinajstić information content (AvgIpc) is 2.65. The average molecular weight is 282 g/mol. The number of thioether (sulfide) groups is 1. The van der Waals surface area contributed by atoms with Crippen LogP contribution in [0, 0.1) is 5.82 Å². The molecule has 4 heteroatoms. The lowest BCUT2D eigenvalue weighted by Gasteiger charge is -2.26. The van der Waals surface area contributed by atoms with Gasteiger partial charge in [0.05, 0.1) is 0 Å². The van der Waals surface area contributed by atoms with E-state index in [1.165, 1.54) is 12.2 Å². The van der Waals surface area contributed by atoms with Crippen LogP contribution in [-0.4, -0.2) is 30.6 Å². The second-order valence-electron chi connectivity index (χ2n) is 5.23. The van der Waals surface area contributed by atoms with Gasteiger partial charge >= 0.3 is 0 Å². The Morgan fingerprint density at radius 3 is 2.95 bits per heavy atom. The van der Waals surface area contributed by atoms with Gasteiger partial charge in [0.2, 0.25) is 0 Å². The van der Waals surface area contributed by atoms with Crippen LogP contribution in [0.3, 0.4) is 0 Å². The third-order valence-corrected chi connectivity index (χ3v) is 4.39. The van der Waals surface area contributed by atoms with Gasteiger partial charge in [-0.1, -0.05) is 19.9 Å². The Kier molecular flexibility index (Phi) is 5.52. The summed E-state index contributed by atoms with van der Waals surface area (Å²) in [5.41, 5.74) is 1.87. The first-order chi connectivity index (χ1) is 9.18. The molecule has 1 saturated heterocycles. The van der Waals surface area contributed by atoms with Crippen LogP contribution >= 0.6 is 11.8 Å². The van der Waals surface area contributed by atoms with E-state index in [1.807, 2.05) is 17.8 Å². The van der Waals surface area contributed by atoms with Crippen LogP contribution < -0.4 is 10.2 Å². The molecule has 2 rings (SSSR count). The molecule has 1 aromatic rings. The summed E-state index contributed by atoms with van der Waals surface area (Å²) < 4.78 is 14.1. The highest BCUT2D eigenvalue weighted by molar-refractivity contribution is 7.99. The van der Waals surface area contributed by atoms with Crippen LogP contribution in [-0.2, 0) is 6.54 Å². The molecule has 1 aliphatic heterocycles. The molecule has 0 atom stereocenters. The van der Waals surface area contributed by atoms with Crippen molar-refractivity contribution >= 4 is 17.4 Å². The first-order valence-electron chi connectivity index (χ1n) is 7.02. The Hall–Kier alpha value is -0.740. The molecule has 0 bridgehead atoms. The van der Waals surface area contributed by atoms with Gasteiger partial charge in [-0.3, -0.25) is 0 Å². The minimum Gasteiger partial charge on any atom is -0.370 e. The summed E-state index contributed by atoms with van der Waals surface area (Å²) in [5.74, 6) is 2.25. The lowest BCUT2D eigenvalue weighted by atomic mass is 10.1. The molecule has 0 spiro atoms. The Labute approximate surface area is 119 Å². The van der Waals surface area contributed by atoms with Crippen molar-refractivity contribution in [3.05, 3.63) is 29.6 Å². The molecule has 0 radical (unpaired) electrons. The van der Waals surface area contributed by atoms with Crippen LogP contribution in [0.15, 0.2) is 18.2 Å². The second kappa shape index (κ2) is 7.15. The number of anilines is 1. The zero-order valence-electron chi connectivity index (χ0n) is 11.8. The molecule has 1 aliphatic rings. The summed E-state index contributed by atoms with van der Waals surface area (Å²) in [4.78, 5) is 2.33. The van der Waals surface area contributed by atoms with Crippen molar-refractivity contribution in [3.8, 4) is 0 Å². The fraction of sp³-hybridized carbons (Fsp3) is 0.600. The van der Waals surface area contributed by atoms with Gasteiger partial charge in [0.15, 0.2) is 0 Å². The van der Waals surface area contributed by atoms with Crippen LogP contribution in [0.25, 0.3) is 0 Å². The number of nitrogens with one attached hydrogen (secondary N) is 1. The molecule has 0 unspecified atom stereocenters.